The van der Waals surface area contributed by atoms with Crippen LogP contribution >= 0.6 is 0 Å². The van der Waals surface area contributed by atoms with Crippen LogP contribution in [0.3, 0.4) is 0 Å². The molecule has 0 aromatic heterocycles. The molecule has 0 saturated heterocycles. The number of hydrogen-bond donors (Lipinski definition) is 0. The summed E-state index contributed by atoms with van der Waals surface area (Å²) in [5.74, 6) is -3.36. The quantitative estimate of drug-likeness (QED) is 0.767. The van der Waals surface area contributed by atoms with Crippen LogP contribution in [-0.4, -0.2) is 38.8 Å². The van der Waals surface area contributed by atoms with Crippen LogP contribution in [0.5, 0.6) is 0 Å². The van der Waals surface area contributed by atoms with Gasteiger partial charge in [-0.15, -0.1) is 0 Å². The molecule has 0 unspecified atom stereocenters. The summed E-state index contributed by atoms with van der Waals surface area (Å²) in [6.07, 6.45) is 0. The predicted molar refractivity (Wildman–Crippen MR) is 90.6 cm³/mol. The second kappa shape index (κ2) is 7.88. The zero-order valence-corrected chi connectivity index (χ0v) is 14.9. The Balaban J connectivity index is 2.20. The summed E-state index contributed by atoms with van der Waals surface area (Å²) in [7, 11) is -2.80. The molecule has 140 valence electrons. The molecule has 0 spiro atoms. The Morgan fingerprint density at radius 3 is 2.15 bits per heavy atom. The first-order valence-electron chi connectivity index (χ1n) is 7.64. The average molecular weight is 386 g/mol. The molecule has 1 amide bonds. The Hall–Kier alpha value is -2.39. The van der Waals surface area contributed by atoms with E-state index in [9.17, 15) is 26.4 Å². The zero-order chi connectivity index (χ0) is 19.5. The van der Waals surface area contributed by atoms with E-state index in [1.165, 1.54) is 13.1 Å². The minimum Gasteiger partial charge on any atom is -0.311 e. The summed E-state index contributed by atoms with van der Waals surface area (Å²) in [6, 6.07) is 7.18. The van der Waals surface area contributed by atoms with Crippen LogP contribution in [0.1, 0.15) is 6.92 Å². The molecule has 0 aliphatic carbocycles. The highest BCUT2D eigenvalue weighted by Crippen LogP contribution is 2.19. The van der Waals surface area contributed by atoms with Gasteiger partial charge in [-0.25, -0.2) is 21.6 Å². The number of carbonyl (C=O) groups is 1. The van der Waals surface area contributed by atoms with E-state index < -0.39 is 39.9 Å². The maximum Gasteiger partial charge on any atom is 0.243 e. The van der Waals surface area contributed by atoms with Crippen molar-refractivity contribution in [3.05, 3.63) is 59.9 Å². The van der Waals surface area contributed by atoms with Gasteiger partial charge in [-0.3, -0.25) is 4.79 Å². The minimum absolute atomic E-state index is 0.115. The number of likely N-dealkylation sites (N-methyl/N-ethyl adjacent to an activating group) is 2. The van der Waals surface area contributed by atoms with Crippen molar-refractivity contribution in [1.82, 2.24) is 4.31 Å². The first kappa shape index (κ1) is 19.9. The van der Waals surface area contributed by atoms with E-state index in [0.29, 0.717) is 0 Å². The fourth-order valence-electron chi connectivity index (χ4n) is 2.30. The van der Waals surface area contributed by atoms with E-state index in [1.807, 2.05) is 0 Å². The van der Waals surface area contributed by atoms with Crippen LogP contribution in [0.15, 0.2) is 47.4 Å². The van der Waals surface area contributed by atoms with E-state index in [1.54, 1.807) is 6.92 Å². The van der Waals surface area contributed by atoms with Crippen molar-refractivity contribution in [3.8, 4) is 0 Å². The Bertz CT molecular complexity index is 902. The highest BCUT2D eigenvalue weighted by molar-refractivity contribution is 7.89. The Morgan fingerprint density at radius 2 is 1.62 bits per heavy atom. The normalized spacial score (nSPS) is 11.6. The van der Waals surface area contributed by atoms with E-state index in [2.05, 4.69) is 0 Å². The van der Waals surface area contributed by atoms with Gasteiger partial charge in [0.1, 0.15) is 5.82 Å². The molecule has 0 heterocycles. The van der Waals surface area contributed by atoms with Gasteiger partial charge in [0.05, 0.1) is 11.4 Å². The highest BCUT2D eigenvalue weighted by Gasteiger charge is 2.25. The molecule has 0 radical (unpaired) electrons. The molecule has 2 rings (SSSR count). The first-order valence-corrected chi connectivity index (χ1v) is 9.08. The molecule has 0 saturated carbocycles. The third-order valence-corrected chi connectivity index (χ3v) is 5.53. The van der Waals surface area contributed by atoms with E-state index in [0.717, 1.165) is 45.6 Å². The number of anilines is 1. The maximum absolute atomic E-state index is 13.4. The van der Waals surface area contributed by atoms with Crippen molar-refractivity contribution in [2.45, 2.75) is 11.8 Å². The van der Waals surface area contributed by atoms with Gasteiger partial charge in [0.25, 0.3) is 0 Å². The standard InChI is InChI=1S/C17H17F3N2O3S/c1-3-22(13-6-9-15(19)16(20)10-13)17(23)11-21(2)26(24,25)14-7-4-12(18)5-8-14/h4-10H,3,11H2,1-2H3. The number of carbonyl (C=O) groups excluding carboxylic acids is 1. The number of halogens is 3. The molecule has 0 atom stereocenters. The van der Waals surface area contributed by atoms with Gasteiger partial charge >= 0.3 is 0 Å². The molecule has 2 aromatic carbocycles. The Kier molecular flexibility index (Phi) is 6.04. The summed E-state index contributed by atoms with van der Waals surface area (Å²) < 4.78 is 65.1. The van der Waals surface area contributed by atoms with Crippen molar-refractivity contribution in [1.29, 1.82) is 0 Å². The molecular weight excluding hydrogens is 369 g/mol. The smallest absolute Gasteiger partial charge is 0.243 e. The van der Waals surface area contributed by atoms with Crippen LogP contribution < -0.4 is 4.90 Å². The molecule has 9 heteroatoms. The number of amides is 1. The van der Waals surface area contributed by atoms with Crippen molar-refractivity contribution >= 4 is 21.6 Å². The van der Waals surface area contributed by atoms with Crippen LogP contribution in [0, 0.1) is 17.5 Å². The Labute approximate surface area is 149 Å². The number of rotatable bonds is 6. The predicted octanol–water partition coefficient (Wildman–Crippen LogP) is 2.78. The topological polar surface area (TPSA) is 57.7 Å². The summed E-state index contributed by atoms with van der Waals surface area (Å²) >= 11 is 0. The van der Waals surface area contributed by atoms with Gasteiger partial charge in [0, 0.05) is 25.3 Å². The fraction of sp³-hybridized carbons (Fsp3) is 0.235. The molecule has 26 heavy (non-hydrogen) atoms. The summed E-state index contributed by atoms with van der Waals surface area (Å²) in [5, 5.41) is 0. The van der Waals surface area contributed by atoms with E-state index >= 15 is 0 Å². The van der Waals surface area contributed by atoms with E-state index in [4.69, 9.17) is 0 Å². The number of hydrogen-bond acceptors (Lipinski definition) is 3. The average Bonchev–Trinajstić information content (AvgIpc) is 2.59. The molecule has 2 aromatic rings. The zero-order valence-electron chi connectivity index (χ0n) is 14.1. The monoisotopic (exact) mass is 386 g/mol. The Morgan fingerprint density at radius 1 is 1.00 bits per heavy atom. The maximum atomic E-state index is 13.4. The van der Waals surface area contributed by atoms with Crippen LogP contribution in [0.4, 0.5) is 18.9 Å². The first-order chi connectivity index (χ1) is 12.2. The third-order valence-electron chi connectivity index (χ3n) is 3.71. The second-order valence-corrected chi connectivity index (χ2v) is 7.50. The lowest BCUT2D eigenvalue weighted by atomic mass is 10.2. The lowest BCUT2D eigenvalue weighted by molar-refractivity contribution is -0.118. The number of benzene rings is 2. The van der Waals surface area contributed by atoms with Gasteiger partial charge in [-0.05, 0) is 43.3 Å². The van der Waals surface area contributed by atoms with Crippen LogP contribution in [-0.2, 0) is 14.8 Å². The largest absolute Gasteiger partial charge is 0.311 e. The third kappa shape index (κ3) is 4.23. The molecule has 5 nitrogen and oxygen atoms in total. The lowest BCUT2D eigenvalue weighted by Gasteiger charge is -2.24. The molecule has 0 N–H and O–H groups in total. The van der Waals surface area contributed by atoms with Crippen molar-refractivity contribution < 1.29 is 26.4 Å². The molecule has 0 aliphatic heterocycles. The van der Waals surface area contributed by atoms with Crippen molar-refractivity contribution in [3.63, 3.8) is 0 Å². The number of sulfonamides is 1. The fourth-order valence-corrected chi connectivity index (χ4v) is 3.42. The van der Waals surface area contributed by atoms with Crippen molar-refractivity contribution in [2.24, 2.45) is 0 Å². The summed E-state index contributed by atoms with van der Waals surface area (Å²) in [4.78, 5) is 13.4. The molecule has 0 aliphatic rings. The number of nitrogens with zero attached hydrogens (tertiary/aromatic N) is 2. The summed E-state index contributed by atoms with van der Waals surface area (Å²) in [5.41, 5.74) is 0.115. The van der Waals surface area contributed by atoms with Crippen LogP contribution in [0.2, 0.25) is 0 Å². The van der Waals surface area contributed by atoms with Gasteiger partial charge in [0.2, 0.25) is 15.9 Å². The molecule has 0 bridgehead atoms. The van der Waals surface area contributed by atoms with Crippen LogP contribution in [0.25, 0.3) is 0 Å². The summed E-state index contributed by atoms with van der Waals surface area (Å²) in [6.45, 7) is 1.23. The van der Waals surface area contributed by atoms with Gasteiger partial charge in [-0.2, -0.15) is 4.31 Å². The molecular formula is C17H17F3N2O3S. The SMILES string of the molecule is CCN(C(=O)CN(C)S(=O)(=O)c1ccc(F)cc1)c1ccc(F)c(F)c1. The molecule has 0 fully saturated rings. The van der Waals surface area contributed by atoms with Crippen molar-refractivity contribution in [2.75, 3.05) is 25.0 Å². The highest BCUT2D eigenvalue weighted by atomic mass is 32.2. The minimum atomic E-state index is -4.00. The van der Waals surface area contributed by atoms with Gasteiger partial charge in [-0.1, -0.05) is 0 Å². The van der Waals surface area contributed by atoms with Gasteiger partial charge < -0.3 is 4.90 Å². The van der Waals surface area contributed by atoms with E-state index in [-0.39, 0.29) is 17.1 Å². The van der Waals surface area contributed by atoms with Gasteiger partial charge in [0.15, 0.2) is 11.6 Å². The second-order valence-electron chi connectivity index (χ2n) is 5.45. The lowest BCUT2D eigenvalue weighted by Crippen LogP contribution is -2.41.